The van der Waals surface area contributed by atoms with Gasteiger partial charge in [0.2, 0.25) is 5.91 Å². The number of para-hydroxylation sites is 2. The zero-order chi connectivity index (χ0) is 20.2. The second-order valence-corrected chi connectivity index (χ2v) is 6.74. The Morgan fingerprint density at radius 3 is 2.52 bits per heavy atom. The molecule has 2 amide bonds. The quantitative estimate of drug-likeness (QED) is 0.484. The van der Waals surface area contributed by atoms with Crippen LogP contribution in [0.3, 0.4) is 0 Å². The minimum absolute atomic E-state index is 0.107. The fourth-order valence-corrected chi connectivity index (χ4v) is 3.05. The Balaban J connectivity index is 1.46. The molecule has 0 saturated heterocycles. The molecule has 0 radical (unpaired) electrons. The van der Waals surface area contributed by atoms with E-state index >= 15 is 0 Å². The number of nitrogens with one attached hydrogen (secondary N) is 3. The maximum Gasteiger partial charge on any atom is 0.255 e. The van der Waals surface area contributed by atoms with E-state index in [4.69, 9.17) is 0 Å². The minimum Gasteiger partial charge on any atom is -0.352 e. The summed E-state index contributed by atoms with van der Waals surface area (Å²) in [6.45, 7) is 1.86. The standard InChI is InChI=1S/C23H20N4O2/c1-15(28)24-14-16-5-4-6-18(13-16)23(29)25-19-11-9-17(10-12-19)22-26-20-7-2-3-8-21(20)27-22/h2-13H,14H2,1H3,(H,24,28)(H,25,29)(H,26,27). The van der Waals surface area contributed by atoms with Crippen LogP contribution in [0, 0.1) is 0 Å². The molecule has 144 valence electrons. The highest BCUT2D eigenvalue weighted by Gasteiger charge is 2.09. The van der Waals surface area contributed by atoms with Crippen molar-refractivity contribution >= 4 is 28.5 Å². The first kappa shape index (κ1) is 18.4. The van der Waals surface area contributed by atoms with Gasteiger partial charge in [0.1, 0.15) is 5.82 Å². The molecule has 1 aromatic heterocycles. The molecule has 3 N–H and O–H groups in total. The van der Waals surface area contributed by atoms with E-state index in [-0.39, 0.29) is 11.8 Å². The molecule has 0 fully saturated rings. The van der Waals surface area contributed by atoms with Crippen molar-refractivity contribution in [1.29, 1.82) is 0 Å². The van der Waals surface area contributed by atoms with Crippen LogP contribution >= 0.6 is 0 Å². The third-order valence-corrected chi connectivity index (χ3v) is 4.54. The van der Waals surface area contributed by atoms with Crippen molar-refractivity contribution in [2.45, 2.75) is 13.5 Å². The summed E-state index contributed by atoms with van der Waals surface area (Å²) in [4.78, 5) is 31.5. The molecule has 0 aliphatic rings. The normalized spacial score (nSPS) is 10.7. The van der Waals surface area contributed by atoms with Crippen molar-refractivity contribution in [2.24, 2.45) is 0 Å². The summed E-state index contributed by atoms with van der Waals surface area (Å²) in [7, 11) is 0. The second-order valence-electron chi connectivity index (χ2n) is 6.74. The SMILES string of the molecule is CC(=O)NCc1cccc(C(=O)Nc2ccc(-c3nc4ccccc4[nH]3)cc2)c1. The van der Waals surface area contributed by atoms with E-state index in [1.54, 1.807) is 18.2 Å². The molecule has 0 saturated carbocycles. The third-order valence-electron chi connectivity index (χ3n) is 4.54. The Labute approximate surface area is 168 Å². The number of H-pyrrole nitrogens is 1. The summed E-state index contributed by atoms with van der Waals surface area (Å²) >= 11 is 0. The fourth-order valence-electron chi connectivity index (χ4n) is 3.05. The Morgan fingerprint density at radius 2 is 1.76 bits per heavy atom. The Hall–Kier alpha value is -3.93. The smallest absolute Gasteiger partial charge is 0.255 e. The van der Waals surface area contributed by atoms with E-state index in [0.717, 1.165) is 28.0 Å². The summed E-state index contributed by atoms with van der Waals surface area (Å²) in [5, 5.41) is 5.63. The molecule has 6 heteroatoms. The van der Waals surface area contributed by atoms with Crippen molar-refractivity contribution in [3.05, 3.63) is 83.9 Å². The van der Waals surface area contributed by atoms with Crippen molar-refractivity contribution in [2.75, 3.05) is 5.32 Å². The number of fused-ring (bicyclic) bond motifs is 1. The molecular weight excluding hydrogens is 364 g/mol. The van der Waals surface area contributed by atoms with Crippen molar-refractivity contribution in [1.82, 2.24) is 15.3 Å². The molecule has 0 aliphatic carbocycles. The van der Waals surface area contributed by atoms with Crippen LogP contribution < -0.4 is 10.6 Å². The number of nitrogens with zero attached hydrogens (tertiary/aromatic N) is 1. The van der Waals surface area contributed by atoms with Gasteiger partial charge in [-0.3, -0.25) is 9.59 Å². The van der Waals surface area contributed by atoms with Crippen LogP contribution in [0.2, 0.25) is 0 Å². The van der Waals surface area contributed by atoms with Crippen molar-refractivity contribution in [3.8, 4) is 11.4 Å². The predicted molar refractivity (Wildman–Crippen MR) is 113 cm³/mol. The molecule has 0 atom stereocenters. The number of anilines is 1. The van der Waals surface area contributed by atoms with Crippen LogP contribution in [0.4, 0.5) is 5.69 Å². The van der Waals surface area contributed by atoms with Crippen molar-refractivity contribution < 1.29 is 9.59 Å². The van der Waals surface area contributed by atoms with E-state index in [9.17, 15) is 9.59 Å². The fraction of sp³-hybridized carbons (Fsp3) is 0.0870. The van der Waals surface area contributed by atoms with Crippen LogP contribution in [0.25, 0.3) is 22.4 Å². The van der Waals surface area contributed by atoms with Gasteiger partial charge in [0.25, 0.3) is 5.91 Å². The maximum absolute atomic E-state index is 12.6. The van der Waals surface area contributed by atoms with Gasteiger partial charge in [-0.1, -0.05) is 24.3 Å². The van der Waals surface area contributed by atoms with Gasteiger partial charge >= 0.3 is 0 Å². The predicted octanol–water partition coefficient (Wildman–Crippen LogP) is 4.12. The number of hydrogen-bond acceptors (Lipinski definition) is 3. The van der Waals surface area contributed by atoms with Crippen LogP contribution in [0.15, 0.2) is 72.8 Å². The third kappa shape index (κ3) is 4.32. The van der Waals surface area contributed by atoms with E-state index in [2.05, 4.69) is 20.6 Å². The van der Waals surface area contributed by atoms with Gasteiger partial charge in [0, 0.05) is 30.3 Å². The molecule has 0 aliphatic heterocycles. The second kappa shape index (κ2) is 7.98. The molecule has 0 unspecified atom stereocenters. The molecule has 1 heterocycles. The topological polar surface area (TPSA) is 86.9 Å². The summed E-state index contributed by atoms with van der Waals surface area (Å²) in [5.74, 6) is 0.477. The monoisotopic (exact) mass is 384 g/mol. The summed E-state index contributed by atoms with van der Waals surface area (Å²) in [6.07, 6.45) is 0. The average molecular weight is 384 g/mol. The Kier molecular flexibility index (Phi) is 5.07. The highest BCUT2D eigenvalue weighted by atomic mass is 16.2. The lowest BCUT2D eigenvalue weighted by atomic mass is 10.1. The lowest BCUT2D eigenvalue weighted by molar-refractivity contribution is -0.119. The number of aromatic amines is 1. The number of benzene rings is 3. The number of carbonyl (C=O) groups is 2. The minimum atomic E-state index is -0.203. The van der Waals surface area contributed by atoms with Gasteiger partial charge in [0.05, 0.1) is 11.0 Å². The van der Waals surface area contributed by atoms with Crippen LogP contribution in [-0.2, 0) is 11.3 Å². The lowest BCUT2D eigenvalue weighted by Crippen LogP contribution is -2.19. The molecule has 0 bridgehead atoms. The van der Waals surface area contributed by atoms with E-state index in [1.165, 1.54) is 6.92 Å². The summed E-state index contributed by atoms with van der Waals surface area (Å²) < 4.78 is 0. The van der Waals surface area contributed by atoms with Gasteiger partial charge in [-0.05, 0) is 54.1 Å². The molecule has 3 aromatic carbocycles. The molecular formula is C23H20N4O2. The molecule has 4 aromatic rings. The largest absolute Gasteiger partial charge is 0.352 e. The van der Waals surface area contributed by atoms with Gasteiger partial charge < -0.3 is 15.6 Å². The average Bonchev–Trinajstić information content (AvgIpc) is 3.17. The first-order valence-electron chi connectivity index (χ1n) is 9.28. The van der Waals surface area contributed by atoms with Crippen LogP contribution in [0.1, 0.15) is 22.8 Å². The van der Waals surface area contributed by atoms with Gasteiger partial charge in [-0.15, -0.1) is 0 Å². The molecule has 0 spiro atoms. The van der Waals surface area contributed by atoms with E-state index in [0.29, 0.717) is 17.8 Å². The maximum atomic E-state index is 12.6. The molecule has 4 rings (SSSR count). The first-order chi connectivity index (χ1) is 14.1. The number of imidazole rings is 1. The lowest BCUT2D eigenvalue weighted by Gasteiger charge is -2.08. The van der Waals surface area contributed by atoms with E-state index < -0.39 is 0 Å². The van der Waals surface area contributed by atoms with Crippen LogP contribution in [-0.4, -0.2) is 21.8 Å². The number of amides is 2. The van der Waals surface area contributed by atoms with E-state index in [1.807, 2.05) is 54.6 Å². The zero-order valence-corrected chi connectivity index (χ0v) is 15.9. The number of aromatic nitrogens is 2. The first-order valence-corrected chi connectivity index (χ1v) is 9.28. The Bertz CT molecular complexity index is 1150. The number of carbonyl (C=O) groups excluding carboxylic acids is 2. The van der Waals surface area contributed by atoms with Gasteiger partial charge in [-0.2, -0.15) is 0 Å². The highest BCUT2D eigenvalue weighted by molar-refractivity contribution is 6.04. The highest BCUT2D eigenvalue weighted by Crippen LogP contribution is 2.22. The molecule has 6 nitrogen and oxygen atoms in total. The number of rotatable bonds is 5. The molecule has 29 heavy (non-hydrogen) atoms. The Morgan fingerprint density at radius 1 is 0.966 bits per heavy atom. The van der Waals surface area contributed by atoms with Crippen LogP contribution in [0.5, 0.6) is 0 Å². The van der Waals surface area contributed by atoms with Gasteiger partial charge in [-0.25, -0.2) is 4.98 Å². The summed E-state index contributed by atoms with van der Waals surface area (Å²) in [6, 6.07) is 22.6. The number of hydrogen-bond donors (Lipinski definition) is 3. The zero-order valence-electron chi connectivity index (χ0n) is 15.9. The van der Waals surface area contributed by atoms with Gasteiger partial charge in [0.15, 0.2) is 0 Å². The summed E-state index contributed by atoms with van der Waals surface area (Å²) in [5.41, 5.74) is 4.94. The van der Waals surface area contributed by atoms with Crippen molar-refractivity contribution in [3.63, 3.8) is 0 Å².